The number of aliphatic hydroxyl groups excluding tert-OH is 1. The fraction of sp³-hybridized carbons (Fsp3) is 0.250. The van der Waals surface area contributed by atoms with Gasteiger partial charge in [0.2, 0.25) is 0 Å². The largest absolute Gasteiger partial charge is 0.387 e. The van der Waals surface area contributed by atoms with Crippen LogP contribution in [-0.2, 0) is 10.3 Å². The van der Waals surface area contributed by atoms with Crippen LogP contribution in [0.2, 0.25) is 0 Å². The van der Waals surface area contributed by atoms with Gasteiger partial charge in [-0.25, -0.2) is 4.79 Å². The number of urea groups is 1. The first kappa shape index (κ1) is 14.7. The highest BCUT2D eigenvalue weighted by atomic mass is 32.1. The van der Waals surface area contributed by atoms with Crippen LogP contribution in [0.3, 0.4) is 0 Å². The number of hydrogen-bond donors (Lipinski definition) is 2. The van der Waals surface area contributed by atoms with Gasteiger partial charge in [0, 0.05) is 4.88 Å². The zero-order chi connectivity index (χ0) is 15.7. The van der Waals surface area contributed by atoms with E-state index >= 15 is 0 Å². The molecule has 0 spiro atoms. The Kier molecular flexibility index (Phi) is 3.72. The summed E-state index contributed by atoms with van der Waals surface area (Å²) in [6.07, 6.45) is -0.901. The van der Waals surface area contributed by atoms with E-state index in [4.69, 9.17) is 0 Å². The molecular formula is C16H16N2O3S. The fourth-order valence-electron chi connectivity index (χ4n) is 2.55. The summed E-state index contributed by atoms with van der Waals surface area (Å²) in [6.45, 7) is 1.63. The molecule has 2 N–H and O–H groups in total. The van der Waals surface area contributed by atoms with Gasteiger partial charge < -0.3 is 10.4 Å². The van der Waals surface area contributed by atoms with E-state index in [0.717, 1.165) is 9.78 Å². The molecule has 2 heterocycles. The lowest BCUT2D eigenvalue weighted by Crippen LogP contribution is -2.40. The number of carbonyl (C=O) groups excluding carboxylic acids is 2. The number of imide groups is 1. The lowest BCUT2D eigenvalue weighted by Gasteiger charge is -2.21. The summed E-state index contributed by atoms with van der Waals surface area (Å²) in [4.78, 5) is 26.7. The number of hydrogen-bond acceptors (Lipinski definition) is 4. The molecule has 0 bridgehead atoms. The quantitative estimate of drug-likeness (QED) is 0.850. The summed E-state index contributed by atoms with van der Waals surface area (Å²) >= 11 is 1.42. The predicted octanol–water partition coefficient (Wildman–Crippen LogP) is 2.25. The number of carbonyl (C=O) groups is 2. The van der Waals surface area contributed by atoms with Gasteiger partial charge in [-0.05, 0) is 23.9 Å². The second-order valence-electron chi connectivity index (χ2n) is 5.37. The number of amides is 3. The maximum atomic E-state index is 12.6. The highest BCUT2D eigenvalue weighted by Crippen LogP contribution is 2.32. The minimum atomic E-state index is -1.05. The van der Waals surface area contributed by atoms with E-state index in [1.54, 1.807) is 31.2 Å². The molecule has 1 aliphatic heterocycles. The summed E-state index contributed by atoms with van der Waals surface area (Å²) in [5.74, 6) is -0.338. The molecule has 6 heteroatoms. The van der Waals surface area contributed by atoms with Crippen LogP contribution < -0.4 is 5.32 Å². The summed E-state index contributed by atoms with van der Waals surface area (Å²) in [5.41, 5.74) is -0.380. The van der Waals surface area contributed by atoms with Crippen LogP contribution in [0.25, 0.3) is 0 Å². The molecule has 1 aromatic heterocycles. The van der Waals surface area contributed by atoms with Crippen LogP contribution in [0.1, 0.15) is 23.5 Å². The minimum absolute atomic E-state index is 0.0599. The average Bonchev–Trinajstić information content (AvgIpc) is 3.13. The molecule has 114 valence electrons. The molecule has 1 fully saturated rings. The number of nitrogens with zero attached hydrogens (tertiary/aromatic N) is 1. The number of nitrogens with one attached hydrogen (secondary N) is 1. The van der Waals surface area contributed by atoms with Gasteiger partial charge in [0.15, 0.2) is 5.54 Å². The lowest BCUT2D eigenvalue weighted by molar-refractivity contribution is -0.132. The normalized spacial score (nSPS) is 22.7. The van der Waals surface area contributed by atoms with E-state index in [9.17, 15) is 14.7 Å². The van der Waals surface area contributed by atoms with Gasteiger partial charge in [0.25, 0.3) is 5.91 Å². The zero-order valence-electron chi connectivity index (χ0n) is 12.0. The molecule has 0 aliphatic carbocycles. The van der Waals surface area contributed by atoms with Gasteiger partial charge >= 0.3 is 6.03 Å². The monoisotopic (exact) mass is 316 g/mol. The van der Waals surface area contributed by atoms with Crippen molar-refractivity contribution in [1.82, 2.24) is 10.2 Å². The molecule has 0 unspecified atom stereocenters. The maximum Gasteiger partial charge on any atom is 0.325 e. The Bertz CT molecular complexity index is 687. The van der Waals surface area contributed by atoms with E-state index in [1.807, 2.05) is 23.6 Å². The van der Waals surface area contributed by atoms with Crippen molar-refractivity contribution in [2.75, 3.05) is 6.54 Å². The topological polar surface area (TPSA) is 69.6 Å². The summed E-state index contributed by atoms with van der Waals surface area (Å²) < 4.78 is 0. The number of thiophene rings is 1. The summed E-state index contributed by atoms with van der Waals surface area (Å²) in [5, 5.41) is 14.8. The van der Waals surface area contributed by atoms with Gasteiger partial charge in [-0.1, -0.05) is 36.4 Å². The summed E-state index contributed by atoms with van der Waals surface area (Å²) in [6, 6.07) is 12.2. The van der Waals surface area contributed by atoms with Crippen molar-refractivity contribution < 1.29 is 14.7 Å². The van der Waals surface area contributed by atoms with E-state index < -0.39 is 17.7 Å². The second kappa shape index (κ2) is 5.55. The molecule has 0 saturated carbocycles. The Labute approximate surface area is 132 Å². The lowest BCUT2D eigenvalue weighted by atomic mass is 10.0. The smallest absolute Gasteiger partial charge is 0.325 e. The third kappa shape index (κ3) is 2.40. The second-order valence-corrected chi connectivity index (χ2v) is 6.32. The molecule has 1 saturated heterocycles. The van der Waals surface area contributed by atoms with Crippen molar-refractivity contribution in [3.05, 3.63) is 58.3 Å². The van der Waals surface area contributed by atoms with Gasteiger partial charge in [-0.2, -0.15) is 0 Å². The van der Waals surface area contributed by atoms with Crippen molar-refractivity contribution in [1.29, 1.82) is 0 Å². The van der Waals surface area contributed by atoms with Crippen LogP contribution >= 0.6 is 11.3 Å². The van der Waals surface area contributed by atoms with Crippen molar-refractivity contribution in [2.24, 2.45) is 0 Å². The first-order valence-electron chi connectivity index (χ1n) is 6.93. The summed E-state index contributed by atoms with van der Waals surface area (Å²) in [7, 11) is 0. The van der Waals surface area contributed by atoms with Crippen molar-refractivity contribution >= 4 is 23.3 Å². The molecule has 5 nitrogen and oxygen atoms in total. The van der Waals surface area contributed by atoms with Crippen LogP contribution in [0, 0.1) is 0 Å². The maximum absolute atomic E-state index is 12.6. The molecule has 3 rings (SSSR count). The molecular weight excluding hydrogens is 300 g/mol. The number of aliphatic hydroxyl groups is 1. The number of benzene rings is 1. The highest BCUT2D eigenvalue weighted by Gasteiger charge is 2.49. The SMILES string of the molecule is C[C@@]1(c2cccs2)NC(=O)N(C[C@H](O)c2ccccc2)C1=O. The fourth-order valence-corrected chi connectivity index (χ4v) is 3.38. The molecule has 22 heavy (non-hydrogen) atoms. The van der Waals surface area contributed by atoms with Gasteiger partial charge in [0.05, 0.1) is 12.6 Å². The Balaban J connectivity index is 1.81. The van der Waals surface area contributed by atoms with Crippen LogP contribution in [-0.4, -0.2) is 28.5 Å². The van der Waals surface area contributed by atoms with E-state index in [1.165, 1.54) is 11.3 Å². The molecule has 1 aliphatic rings. The predicted molar refractivity (Wildman–Crippen MR) is 83.3 cm³/mol. The third-order valence-corrected chi connectivity index (χ3v) is 4.92. The highest BCUT2D eigenvalue weighted by molar-refractivity contribution is 7.10. The minimum Gasteiger partial charge on any atom is -0.387 e. The third-order valence-electron chi connectivity index (χ3n) is 3.83. The molecule has 2 atom stereocenters. The van der Waals surface area contributed by atoms with Crippen molar-refractivity contribution in [3.63, 3.8) is 0 Å². The first-order valence-corrected chi connectivity index (χ1v) is 7.81. The zero-order valence-corrected chi connectivity index (χ0v) is 12.8. The van der Waals surface area contributed by atoms with E-state index in [-0.39, 0.29) is 12.5 Å². The Morgan fingerprint density at radius 3 is 2.59 bits per heavy atom. The van der Waals surface area contributed by atoms with Gasteiger partial charge in [-0.3, -0.25) is 9.69 Å². The Hall–Kier alpha value is -2.18. The molecule has 0 radical (unpaired) electrons. The number of β-amino-alcohol motifs (C(OH)–C–C–N with tert-alkyl or cyclic N) is 1. The van der Waals surface area contributed by atoms with Gasteiger partial charge in [-0.15, -0.1) is 11.3 Å². The van der Waals surface area contributed by atoms with Gasteiger partial charge in [0.1, 0.15) is 0 Å². The van der Waals surface area contributed by atoms with Crippen molar-refractivity contribution in [3.8, 4) is 0 Å². The Morgan fingerprint density at radius 1 is 1.23 bits per heavy atom. The molecule has 3 amide bonds. The molecule has 2 aromatic rings. The number of rotatable bonds is 4. The van der Waals surface area contributed by atoms with E-state index in [0.29, 0.717) is 5.56 Å². The van der Waals surface area contributed by atoms with Crippen LogP contribution in [0.5, 0.6) is 0 Å². The average molecular weight is 316 g/mol. The Morgan fingerprint density at radius 2 is 1.95 bits per heavy atom. The first-order chi connectivity index (χ1) is 10.5. The van der Waals surface area contributed by atoms with Crippen molar-refractivity contribution in [2.45, 2.75) is 18.6 Å². The standard InChI is InChI=1S/C16H16N2O3S/c1-16(13-8-5-9-22-13)14(20)18(15(21)17-16)10-12(19)11-6-3-2-4-7-11/h2-9,12,19H,10H2,1H3,(H,17,21)/t12-,16-/m0/s1. The van der Waals surface area contributed by atoms with Crippen LogP contribution in [0.15, 0.2) is 47.8 Å². The van der Waals surface area contributed by atoms with E-state index in [2.05, 4.69) is 5.32 Å². The van der Waals surface area contributed by atoms with Crippen LogP contribution in [0.4, 0.5) is 4.79 Å². The molecule has 1 aromatic carbocycles.